The van der Waals surface area contributed by atoms with Crippen LogP contribution in [-0.4, -0.2) is 55.5 Å². The van der Waals surface area contributed by atoms with E-state index in [1.165, 1.54) is 18.2 Å². The minimum Gasteiger partial charge on any atom is -0.434 e. The van der Waals surface area contributed by atoms with Crippen LogP contribution in [-0.2, 0) is 4.79 Å². The molecule has 0 unspecified atom stereocenters. The van der Waals surface area contributed by atoms with Crippen molar-refractivity contribution in [3.63, 3.8) is 0 Å². The van der Waals surface area contributed by atoms with Crippen molar-refractivity contribution >= 4 is 12.0 Å². The Balaban J connectivity index is 2.02. The second-order valence-corrected chi connectivity index (χ2v) is 4.88. The van der Waals surface area contributed by atoms with Gasteiger partial charge in [-0.25, -0.2) is 0 Å². The van der Waals surface area contributed by atoms with E-state index >= 15 is 0 Å². The maximum atomic E-state index is 12.3. The maximum absolute atomic E-state index is 12.3. The van der Waals surface area contributed by atoms with Crippen molar-refractivity contribution in [1.29, 1.82) is 0 Å². The number of likely N-dealkylation sites (N-methyl/N-ethyl adjacent to an activating group) is 1. The summed E-state index contributed by atoms with van der Waals surface area (Å²) in [4.78, 5) is 15.9. The van der Waals surface area contributed by atoms with Crippen LogP contribution in [0.25, 0.3) is 6.08 Å². The van der Waals surface area contributed by atoms with Crippen LogP contribution in [0.2, 0.25) is 0 Å². The maximum Gasteiger partial charge on any atom is 0.387 e. The lowest BCUT2D eigenvalue weighted by Crippen LogP contribution is -2.46. The molecular formula is C15H18F2N2O2. The number of ether oxygens (including phenoxy) is 1. The highest BCUT2D eigenvalue weighted by Gasteiger charge is 2.17. The molecule has 1 amide bonds. The average Bonchev–Trinajstić information content (AvgIpc) is 2.46. The molecule has 0 saturated carbocycles. The van der Waals surface area contributed by atoms with Crippen LogP contribution in [0.4, 0.5) is 8.78 Å². The predicted octanol–water partition coefficient (Wildman–Crippen LogP) is 2.08. The van der Waals surface area contributed by atoms with Crippen LogP contribution in [0.1, 0.15) is 5.56 Å². The molecule has 0 radical (unpaired) electrons. The second kappa shape index (κ2) is 7.17. The summed E-state index contributed by atoms with van der Waals surface area (Å²) in [6.07, 6.45) is 2.91. The van der Waals surface area contributed by atoms with Crippen molar-refractivity contribution in [2.75, 3.05) is 33.2 Å². The molecule has 1 heterocycles. The number of rotatable bonds is 4. The molecule has 0 atom stereocenters. The number of amides is 1. The molecule has 4 nitrogen and oxygen atoms in total. The standard InChI is InChI=1S/C15H18F2N2O2/c1-18-8-10-19(11-9-18)14(20)7-6-12-4-2-3-5-13(12)21-15(16)17/h2-7,15H,8-11H2,1H3/b7-6+. The van der Waals surface area contributed by atoms with E-state index in [0.717, 1.165) is 13.1 Å². The highest BCUT2D eigenvalue weighted by atomic mass is 19.3. The second-order valence-electron chi connectivity index (χ2n) is 4.88. The van der Waals surface area contributed by atoms with Crippen LogP contribution in [0, 0.1) is 0 Å². The summed E-state index contributed by atoms with van der Waals surface area (Å²) in [6.45, 7) is 0.145. The molecule has 1 fully saturated rings. The number of benzene rings is 1. The van der Waals surface area contributed by atoms with Crippen molar-refractivity contribution < 1.29 is 18.3 Å². The van der Waals surface area contributed by atoms with Gasteiger partial charge in [-0.3, -0.25) is 4.79 Å². The fraction of sp³-hybridized carbons (Fsp3) is 0.400. The monoisotopic (exact) mass is 296 g/mol. The molecule has 2 rings (SSSR count). The Morgan fingerprint density at radius 1 is 1.24 bits per heavy atom. The van der Waals surface area contributed by atoms with Gasteiger partial charge >= 0.3 is 6.61 Å². The Kier molecular flexibility index (Phi) is 5.27. The molecule has 0 aromatic heterocycles. The van der Waals surface area contributed by atoms with Crippen LogP contribution >= 0.6 is 0 Å². The van der Waals surface area contributed by atoms with Gasteiger partial charge in [0, 0.05) is 37.8 Å². The summed E-state index contributed by atoms with van der Waals surface area (Å²) in [5.41, 5.74) is 0.459. The Morgan fingerprint density at radius 3 is 2.57 bits per heavy atom. The van der Waals surface area contributed by atoms with Crippen molar-refractivity contribution in [3.8, 4) is 5.75 Å². The van der Waals surface area contributed by atoms with E-state index in [-0.39, 0.29) is 11.7 Å². The Morgan fingerprint density at radius 2 is 1.90 bits per heavy atom. The first-order chi connectivity index (χ1) is 10.1. The molecule has 1 aromatic rings. The molecule has 1 saturated heterocycles. The SMILES string of the molecule is CN1CCN(C(=O)/C=C/c2ccccc2OC(F)F)CC1. The van der Waals surface area contributed by atoms with E-state index in [0.29, 0.717) is 18.7 Å². The number of carbonyl (C=O) groups is 1. The number of para-hydroxylation sites is 1. The van der Waals surface area contributed by atoms with Crippen molar-refractivity contribution in [1.82, 2.24) is 9.80 Å². The minimum absolute atomic E-state index is 0.0647. The van der Waals surface area contributed by atoms with E-state index in [1.54, 1.807) is 23.1 Å². The zero-order chi connectivity index (χ0) is 15.2. The summed E-state index contributed by atoms with van der Waals surface area (Å²) in [5.74, 6) is -0.0510. The molecule has 0 spiro atoms. The van der Waals surface area contributed by atoms with Gasteiger partial charge in [0.05, 0.1) is 0 Å². The van der Waals surface area contributed by atoms with Gasteiger partial charge in [-0.05, 0) is 19.2 Å². The quantitative estimate of drug-likeness (QED) is 0.798. The third-order valence-corrected chi connectivity index (χ3v) is 3.36. The largest absolute Gasteiger partial charge is 0.434 e. The molecule has 1 aromatic carbocycles. The zero-order valence-electron chi connectivity index (χ0n) is 11.8. The molecule has 1 aliphatic heterocycles. The molecule has 6 heteroatoms. The molecule has 21 heavy (non-hydrogen) atoms. The van der Waals surface area contributed by atoms with E-state index in [4.69, 9.17) is 0 Å². The van der Waals surface area contributed by atoms with E-state index < -0.39 is 6.61 Å². The summed E-state index contributed by atoms with van der Waals surface area (Å²) >= 11 is 0. The van der Waals surface area contributed by atoms with Crippen molar-refractivity contribution in [2.45, 2.75) is 6.61 Å². The molecular weight excluding hydrogens is 278 g/mol. The zero-order valence-corrected chi connectivity index (χ0v) is 11.8. The van der Waals surface area contributed by atoms with E-state index in [2.05, 4.69) is 9.64 Å². The molecule has 114 valence electrons. The van der Waals surface area contributed by atoms with Crippen LogP contribution in [0.5, 0.6) is 5.75 Å². The molecule has 0 aliphatic carbocycles. The number of hydrogen-bond donors (Lipinski definition) is 0. The lowest BCUT2D eigenvalue weighted by Gasteiger charge is -2.31. The van der Waals surface area contributed by atoms with Crippen LogP contribution in [0.3, 0.4) is 0 Å². The normalized spacial score (nSPS) is 16.7. The number of nitrogens with zero attached hydrogens (tertiary/aromatic N) is 2. The molecule has 0 bridgehead atoms. The number of carbonyl (C=O) groups excluding carboxylic acids is 1. The number of halogens is 2. The van der Waals surface area contributed by atoms with Crippen molar-refractivity contribution in [2.24, 2.45) is 0 Å². The summed E-state index contributed by atoms with van der Waals surface area (Å²) in [5, 5.41) is 0. The molecule has 1 aliphatic rings. The Labute approximate surface area is 122 Å². The lowest BCUT2D eigenvalue weighted by atomic mass is 10.2. The van der Waals surface area contributed by atoms with Gasteiger partial charge in [-0.1, -0.05) is 18.2 Å². The van der Waals surface area contributed by atoms with Gasteiger partial charge in [0.2, 0.25) is 5.91 Å². The third-order valence-electron chi connectivity index (χ3n) is 3.36. The van der Waals surface area contributed by atoms with Crippen molar-refractivity contribution in [3.05, 3.63) is 35.9 Å². The van der Waals surface area contributed by atoms with Gasteiger partial charge < -0.3 is 14.5 Å². The summed E-state index contributed by atoms with van der Waals surface area (Å²) in [6, 6.07) is 6.40. The molecule has 0 N–H and O–H groups in total. The lowest BCUT2D eigenvalue weighted by molar-refractivity contribution is -0.127. The number of hydrogen-bond acceptors (Lipinski definition) is 3. The Bertz CT molecular complexity index is 512. The van der Waals surface area contributed by atoms with Gasteiger partial charge in [0.1, 0.15) is 5.75 Å². The van der Waals surface area contributed by atoms with Gasteiger partial charge in [-0.15, -0.1) is 0 Å². The fourth-order valence-corrected chi connectivity index (χ4v) is 2.11. The topological polar surface area (TPSA) is 32.8 Å². The first-order valence-electron chi connectivity index (χ1n) is 6.75. The predicted molar refractivity (Wildman–Crippen MR) is 76.2 cm³/mol. The highest BCUT2D eigenvalue weighted by molar-refractivity contribution is 5.92. The van der Waals surface area contributed by atoms with Crippen LogP contribution < -0.4 is 4.74 Å². The fourth-order valence-electron chi connectivity index (χ4n) is 2.11. The minimum atomic E-state index is -2.88. The smallest absolute Gasteiger partial charge is 0.387 e. The first kappa shape index (κ1) is 15.4. The van der Waals surface area contributed by atoms with Crippen LogP contribution in [0.15, 0.2) is 30.3 Å². The highest BCUT2D eigenvalue weighted by Crippen LogP contribution is 2.21. The van der Waals surface area contributed by atoms with Gasteiger partial charge in [0.15, 0.2) is 0 Å². The van der Waals surface area contributed by atoms with Gasteiger partial charge in [0.25, 0.3) is 0 Å². The third kappa shape index (κ3) is 4.53. The van der Waals surface area contributed by atoms with E-state index in [9.17, 15) is 13.6 Å². The summed E-state index contributed by atoms with van der Waals surface area (Å²) < 4.78 is 29.0. The van der Waals surface area contributed by atoms with E-state index in [1.807, 2.05) is 7.05 Å². The number of alkyl halides is 2. The summed E-state index contributed by atoms with van der Waals surface area (Å²) in [7, 11) is 2.01. The first-order valence-corrected chi connectivity index (χ1v) is 6.75. The number of piperazine rings is 1. The average molecular weight is 296 g/mol. The Hall–Kier alpha value is -1.95. The van der Waals surface area contributed by atoms with Gasteiger partial charge in [-0.2, -0.15) is 8.78 Å².